The fourth-order valence-electron chi connectivity index (χ4n) is 3.47. The van der Waals surface area contributed by atoms with Crippen LogP contribution in [-0.4, -0.2) is 50.3 Å². The molecule has 182 valence electrons. The Hall–Kier alpha value is -1.13. The minimum absolute atomic E-state index is 0.00541. The first-order valence-corrected chi connectivity index (χ1v) is 12.9. The van der Waals surface area contributed by atoms with Crippen LogP contribution in [0.4, 0.5) is 0 Å². The van der Waals surface area contributed by atoms with Crippen molar-refractivity contribution in [2.45, 2.75) is 110 Å². The van der Waals surface area contributed by atoms with Gasteiger partial charge in [0.15, 0.2) is 0 Å². The minimum atomic E-state index is -0.0874. The van der Waals surface area contributed by atoms with Gasteiger partial charge in [-0.05, 0) is 58.0 Å². The molecule has 0 saturated carbocycles. The van der Waals surface area contributed by atoms with Gasteiger partial charge in [0, 0.05) is 20.1 Å². The largest absolute Gasteiger partial charge is 0.463 e. The topological polar surface area (TPSA) is 38.8 Å². The van der Waals surface area contributed by atoms with E-state index in [2.05, 4.69) is 50.0 Å². The standard InChI is InChI=1S/C27H51NO3/c1-5-8-9-10-11-12-13-14-15-16-17-18-19-20-21-22-27(29)31-25-26(30-4)23-24-28(6-2)7-3/h11-12,14-15,26H,5-10,13,16-25H2,1-4H3/b12-11-,15-14-. The first-order chi connectivity index (χ1) is 15.2. The van der Waals surface area contributed by atoms with Crippen LogP contribution in [0.3, 0.4) is 0 Å². The van der Waals surface area contributed by atoms with Crippen LogP contribution in [-0.2, 0) is 14.3 Å². The molecule has 0 aromatic rings. The van der Waals surface area contributed by atoms with E-state index >= 15 is 0 Å². The molecule has 4 nitrogen and oxygen atoms in total. The predicted octanol–water partition coefficient (Wildman–Crippen LogP) is 7.09. The molecule has 0 fully saturated rings. The molecule has 4 heteroatoms. The summed E-state index contributed by atoms with van der Waals surface area (Å²) in [6.07, 6.45) is 23.7. The lowest BCUT2D eigenvalue weighted by atomic mass is 10.1. The molecule has 0 spiro atoms. The first kappa shape index (κ1) is 29.9. The molecule has 0 radical (unpaired) electrons. The highest BCUT2D eigenvalue weighted by Crippen LogP contribution is 2.09. The maximum atomic E-state index is 11.9. The lowest BCUT2D eigenvalue weighted by Gasteiger charge is -2.21. The predicted molar refractivity (Wildman–Crippen MR) is 134 cm³/mol. The SMILES string of the molecule is CCCCC/C=C\C/C=C\CCCCCCCC(=O)OCC(CCN(CC)CC)OC. The Balaban J connectivity index is 3.55. The Morgan fingerprint density at radius 3 is 2.06 bits per heavy atom. The van der Waals surface area contributed by atoms with E-state index in [1.54, 1.807) is 7.11 Å². The fourth-order valence-corrected chi connectivity index (χ4v) is 3.47. The highest BCUT2D eigenvalue weighted by molar-refractivity contribution is 5.69. The molecule has 0 saturated heterocycles. The molecule has 1 atom stereocenters. The summed E-state index contributed by atoms with van der Waals surface area (Å²) in [6.45, 7) is 10.0. The van der Waals surface area contributed by atoms with E-state index in [4.69, 9.17) is 9.47 Å². The second-order valence-electron chi connectivity index (χ2n) is 8.34. The Morgan fingerprint density at radius 1 is 0.839 bits per heavy atom. The van der Waals surface area contributed by atoms with Gasteiger partial charge in [-0.2, -0.15) is 0 Å². The van der Waals surface area contributed by atoms with Crippen molar-refractivity contribution in [1.29, 1.82) is 0 Å². The lowest BCUT2D eigenvalue weighted by molar-refractivity contribution is -0.147. The van der Waals surface area contributed by atoms with Gasteiger partial charge in [0.25, 0.3) is 0 Å². The van der Waals surface area contributed by atoms with Crippen LogP contribution in [0.1, 0.15) is 104 Å². The molecule has 31 heavy (non-hydrogen) atoms. The Morgan fingerprint density at radius 2 is 1.45 bits per heavy atom. The van der Waals surface area contributed by atoms with Gasteiger partial charge in [-0.15, -0.1) is 0 Å². The highest BCUT2D eigenvalue weighted by atomic mass is 16.6. The van der Waals surface area contributed by atoms with E-state index in [0.717, 1.165) is 51.7 Å². The van der Waals surface area contributed by atoms with E-state index in [-0.39, 0.29) is 12.1 Å². The summed E-state index contributed by atoms with van der Waals surface area (Å²) in [4.78, 5) is 14.3. The monoisotopic (exact) mass is 437 g/mol. The van der Waals surface area contributed by atoms with Crippen molar-refractivity contribution in [3.8, 4) is 0 Å². The first-order valence-electron chi connectivity index (χ1n) is 12.9. The Labute approximate surface area is 193 Å². The third-order valence-electron chi connectivity index (χ3n) is 5.76. The van der Waals surface area contributed by atoms with Gasteiger partial charge in [0.2, 0.25) is 0 Å². The van der Waals surface area contributed by atoms with E-state index in [0.29, 0.717) is 13.0 Å². The zero-order chi connectivity index (χ0) is 23.0. The number of rotatable bonds is 22. The molecule has 0 aromatic carbocycles. The van der Waals surface area contributed by atoms with Gasteiger partial charge in [-0.1, -0.05) is 77.2 Å². The van der Waals surface area contributed by atoms with Crippen molar-refractivity contribution in [2.75, 3.05) is 33.4 Å². The second kappa shape index (κ2) is 23.5. The summed E-state index contributed by atoms with van der Waals surface area (Å²) in [5, 5.41) is 0. The number of methoxy groups -OCH3 is 1. The van der Waals surface area contributed by atoms with Crippen molar-refractivity contribution in [3.05, 3.63) is 24.3 Å². The number of nitrogens with zero attached hydrogens (tertiary/aromatic N) is 1. The molecule has 1 unspecified atom stereocenters. The molecular weight excluding hydrogens is 386 g/mol. The van der Waals surface area contributed by atoms with Crippen molar-refractivity contribution in [2.24, 2.45) is 0 Å². The lowest BCUT2D eigenvalue weighted by Crippen LogP contribution is -2.30. The molecule has 0 aliphatic carbocycles. The normalized spacial score (nSPS) is 12.9. The van der Waals surface area contributed by atoms with E-state index in [1.165, 1.54) is 44.9 Å². The molecular formula is C27H51NO3. The summed E-state index contributed by atoms with van der Waals surface area (Å²) in [5.74, 6) is -0.0874. The van der Waals surface area contributed by atoms with Gasteiger partial charge in [0.1, 0.15) is 6.61 Å². The molecule has 0 aliphatic rings. The Kier molecular flexibility index (Phi) is 22.7. The van der Waals surface area contributed by atoms with Crippen LogP contribution in [0.5, 0.6) is 0 Å². The molecule has 0 bridgehead atoms. The third kappa shape index (κ3) is 20.5. The van der Waals surface area contributed by atoms with Gasteiger partial charge in [0.05, 0.1) is 6.10 Å². The molecule has 0 amide bonds. The van der Waals surface area contributed by atoms with Crippen LogP contribution >= 0.6 is 0 Å². The van der Waals surface area contributed by atoms with Crippen molar-refractivity contribution in [3.63, 3.8) is 0 Å². The summed E-state index contributed by atoms with van der Waals surface area (Å²) in [7, 11) is 1.70. The molecule has 0 N–H and O–H groups in total. The van der Waals surface area contributed by atoms with E-state index in [1.807, 2.05) is 0 Å². The highest BCUT2D eigenvalue weighted by Gasteiger charge is 2.12. The van der Waals surface area contributed by atoms with Crippen LogP contribution in [0.15, 0.2) is 24.3 Å². The summed E-state index contributed by atoms with van der Waals surface area (Å²) >= 11 is 0. The van der Waals surface area contributed by atoms with Crippen molar-refractivity contribution < 1.29 is 14.3 Å². The molecule has 0 aromatic heterocycles. The smallest absolute Gasteiger partial charge is 0.305 e. The van der Waals surface area contributed by atoms with Gasteiger partial charge in [-0.25, -0.2) is 0 Å². The van der Waals surface area contributed by atoms with Crippen molar-refractivity contribution >= 4 is 5.97 Å². The average molecular weight is 438 g/mol. The zero-order valence-corrected chi connectivity index (χ0v) is 21.1. The number of hydrogen-bond acceptors (Lipinski definition) is 4. The molecule has 0 heterocycles. The minimum Gasteiger partial charge on any atom is -0.463 e. The van der Waals surface area contributed by atoms with Crippen LogP contribution in [0.2, 0.25) is 0 Å². The maximum Gasteiger partial charge on any atom is 0.305 e. The average Bonchev–Trinajstić information content (AvgIpc) is 2.79. The number of hydrogen-bond donors (Lipinski definition) is 0. The number of allylic oxidation sites excluding steroid dienone is 4. The van der Waals surface area contributed by atoms with E-state index < -0.39 is 0 Å². The zero-order valence-electron chi connectivity index (χ0n) is 21.1. The maximum absolute atomic E-state index is 11.9. The number of ether oxygens (including phenoxy) is 2. The van der Waals surface area contributed by atoms with Crippen molar-refractivity contribution in [1.82, 2.24) is 4.90 Å². The number of carbonyl (C=O) groups excluding carboxylic acids is 1. The van der Waals surface area contributed by atoms with E-state index in [9.17, 15) is 4.79 Å². The second-order valence-corrected chi connectivity index (χ2v) is 8.34. The van der Waals surface area contributed by atoms with Gasteiger partial charge >= 0.3 is 5.97 Å². The number of esters is 1. The molecule has 0 rings (SSSR count). The third-order valence-corrected chi connectivity index (χ3v) is 5.76. The fraction of sp³-hybridized carbons (Fsp3) is 0.815. The summed E-state index contributed by atoms with van der Waals surface area (Å²) in [5.41, 5.74) is 0. The number of carbonyl (C=O) groups is 1. The van der Waals surface area contributed by atoms with Crippen LogP contribution in [0.25, 0.3) is 0 Å². The van der Waals surface area contributed by atoms with Crippen LogP contribution < -0.4 is 0 Å². The van der Waals surface area contributed by atoms with Gasteiger partial charge < -0.3 is 14.4 Å². The molecule has 0 aliphatic heterocycles. The van der Waals surface area contributed by atoms with Gasteiger partial charge in [-0.3, -0.25) is 4.79 Å². The summed E-state index contributed by atoms with van der Waals surface area (Å²) in [6, 6.07) is 0. The quantitative estimate of drug-likeness (QED) is 0.103. The number of unbranched alkanes of at least 4 members (excludes halogenated alkanes) is 8. The summed E-state index contributed by atoms with van der Waals surface area (Å²) < 4.78 is 10.9. The van der Waals surface area contributed by atoms with Crippen LogP contribution in [0, 0.1) is 0 Å². The Bertz CT molecular complexity index is 444.